The molecule has 4 nitrogen and oxygen atoms in total. The minimum atomic E-state index is -0.158. The third-order valence-electron chi connectivity index (χ3n) is 1.76. The predicted octanol–water partition coefficient (Wildman–Crippen LogP) is 2.72. The lowest BCUT2D eigenvalue weighted by atomic mass is 10.3. The normalized spacial score (nSPS) is 13.1. The minimum absolute atomic E-state index is 0.158. The predicted molar refractivity (Wildman–Crippen MR) is 54.5 cm³/mol. The van der Waals surface area contributed by atoms with Crippen LogP contribution in [0.4, 0.5) is 0 Å². The molecule has 0 aliphatic carbocycles. The number of hydrogen-bond donors (Lipinski definition) is 1. The van der Waals surface area contributed by atoms with Gasteiger partial charge in [0.25, 0.3) is 5.89 Å². The molecule has 0 bridgehead atoms. The second-order valence-electron chi connectivity index (χ2n) is 2.96. The van der Waals surface area contributed by atoms with Crippen LogP contribution in [0.2, 0.25) is 0 Å². The fourth-order valence-electron chi connectivity index (χ4n) is 1.04. The number of oxazole rings is 1. The SMILES string of the molecule is CC(N)c1cnc(-c2ccc(Br)o2)o1. The Balaban J connectivity index is 2.33. The summed E-state index contributed by atoms with van der Waals surface area (Å²) >= 11 is 3.20. The Kier molecular flexibility index (Phi) is 2.43. The summed E-state index contributed by atoms with van der Waals surface area (Å²) in [6.07, 6.45) is 1.61. The Morgan fingerprint density at radius 3 is 2.71 bits per heavy atom. The second kappa shape index (κ2) is 3.59. The van der Waals surface area contributed by atoms with Crippen molar-refractivity contribution >= 4 is 15.9 Å². The lowest BCUT2D eigenvalue weighted by molar-refractivity contribution is 0.461. The maximum Gasteiger partial charge on any atom is 0.263 e. The Morgan fingerprint density at radius 1 is 1.43 bits per heavy atom. The molecule has 1 unspecified atom stereocenters. The second-order valence-corrected chi connectivity index (χ2v) is 3.74. The first kappa shape index (κ1) is 9.48. The number of halogens is 1. The van der Waals surface area contributed by atoms with Crippen LogP contribution in [-0.2, 0) is 0 Å². The fourth-order valence-corrected chi connectivity index (χ4v) is 1.35. The molecule has 2 aromatic heterocycles. The van der Waals surface area contributed by atoms with Gasteiger partial charge < -0.3 is 14.6 Å². The van der Waals surface area contributed by atoms with E-state index < -0.39 is 0 Å². The maximum atomic E-state index is 5.64. The van der Waals surface area contributed by atoms with Crippen LogP contribution in [0, 0.1) is 0 Å². The summed E-state index contributed by atoms with van der Waals surface area (Å²) in [5.41, 5.74) is 5.64. The van der Waals surface area contributed by atoms with Crippen molar-refractivity contribution in [3.8, 4) is 11.7 Å². The van der Waals surface area contributed by atoms with Gasteiger partial charge in [-0.25, -0.2) is 4.98 Å². The van der Waals surface area contributed by atoms with Crippen molar-refractivity contribution < 1.29 is 8.83 Å². The Bertz CT molecular complexity index is 433. The van der Waals surface area contributed by atoms with Crippen molar-refractivity contribution in [2.45, 2.75) is 13.0 Å². The van der Waals surface area contributed by atoms with Crippen molar-refractivity contribution in [2.24, 2.45) is 5.73 Å². The first-order valence-corrected chi connectivity index (χ1v) is 4.93. The molecule has 2 heterocycles. The highest BCUT2D eigenvalue weighted by molar-refractivity contribution is 9.10. The first-order chi connectivity index (χ1) is 6.66. The van der Waals surface area contributed by atoms with E-state index in [9.17, 15) is 0 Å². The Morgan fingerprint density at radius 2 is 2.21 bits per heavy atom. The van der Waals surface area contributed by atoms with Gasteiger partial charge in [0, 0.05) is 0 Å². The van der Waals surface area contributed by atoms with E-state index in [1.165, 1.54) is 0 Å². The van der Waals surface area contributed by atoms with E-state index in [0.717, 1.165) is 0 Å². The van der Waals surface area contributed by atoms with Crippen molar-refractivity contribution in [3.05, 3.63) is 28.8 Å². The third kappa shape index (κ3) is 1.73. The number of nitrogens with zero attached hydrogens (tertiary/aromatic N) is 1. The molecule has 14 heavy (non-hydrogen) atoms. The monoisotopic (exact) mass is 256 g/mol. The zero-order chi connectivity index (χ0) is 10.1. The molecule has 5 heteroatoms. The van der Waals surface area contributed by atoms with Crippen molar-refractivity contribution in [2.75, 3.05) is 0 Å². The average molecular weight is 257 g/mol. The van der Waals surface area contributed by atoms with Crippen LogP contribution in [0.25, 0.3) is 11.7 Å². The summed E-state index contributed by atoms with van der Waals surface area (Å²) < 4.78 is 11.3. The molecule has 1 atom stereocenters. The molecule has 0 aromatic carbocycles. The summed E-state index contributed by atoms with van der Waals surface area (Å²) in [4.78, 5) is 4.06. The van der Waals surface area contributed by atoms with Crippen LogP contribution in [0.1, 0.15) is 18.7 Å². The number of hydrogen-bond acceptors (Lipinski definition) is 4. The van der Waals surface area contributed by atoms with E-state index >= 15 is 0 Å². The largest absolute Gasteiger partial charge is 0.444 e. The van der Waals surface area contributed by atoms with Gasteiger partial charge in [0.2, 0.25) is 0 Å². The topological polar surface area (TPSA) is 65.2 Å². The first-order valence-electron chi connectivity index (χ1n) is 4.14. The van der Waals surface area contributed by atoms with Crippen molar-refractivity contribution in [1.82, 2.24) is 4.98 Å². The third-order valence-corrected chi connectivity index (χ3v) is 2.18. The van der Waals surface area contributed by atoms with Gasteiger partial charge in [0.1, 0.15) is 5.76 Å². The number of furan rings is 1. The fraction of sp³-hybridized carbons (Fsp3) is 0.222. The van der Waals surface area contributed by atoms with E-state index in [-0.39, 0.29) is 6.04 Å². The van der Waals surface area contributed by atoms with Gasteiger partial charge >= 0.3 is 0 Å². The van der Waals surface area contributed by atoms with Crippen LogP contribution >= 0.6 is 15.9 Å². The zero-order valence-corrected chi connectivity index (χ0v) is 9.11. The molecule has 0 aliphatic heterocycles. The Hall–Kier alpha value is -1.07. The molecule has 0 radical (unpaired) electrons. The highest BCUT2D eigenvalue weighted by Crippen LogP contribution is 2.25. The van der Waals surface area contributed by atoms with Crippen LogP contribution in [0.15, 0.2) is 31.8 Å². The standard InChI is InChI=1S/C9H9BrN2O2/c1-5(11)7-4-12-9(14-7)6-2-3-8(10)13-6/h2-5H,11H2,1H3. The number of nitrogens with two attached hydrogens (primary N) is 1. The quantitative estimate of drug-likeness (QED) is 0.898. The van der Waals surface area contributed by atoms with Gasteiger partial charge in [-0.1, -0.05) is 0 Å². The molecule has 0 fully saturated rings. The lowest BCUT2D eigenvalue weighted by Crippen LogP contribution is -2.02. The van der Waals surface area contributed by atoms with Crippen LogP contribution < -0.4 is 5.73 Å². The van der Waals surface area contributed by atoms with Crippen LogP contribution in [0.5, 0.6) is 0 Å². The average Bonchev–Trinajstić information content (AvgIpc) is 2.70. The number of rotatable bonds is 2. The molecule has 0 saturated carbocycles. The van der Waals surface area contributed by atoms with E-state index in [2.05, 4.69) is 20.9 Å². The van der Waals surface area contributed by atoms with Gasteiger partial charge in [-0.2, -0.15) is 0 Å². The van der Waals surface area contributed by atoms with Crippen molar-refractivity contribution in [1.29, 1.82) is 0 Å². The van der Waals surface area contributed by atoms with E-state index in [1.54, 1.807) is 18.3 Å². The van der Waals surface area contributed by atoms with E-state index in [1.807, 2.05) is 6.92 Å². The van der Waals surface area contributed by atoms with Crippen molar-refractivity contribution in [3.63, 3.8) is 0 Å². The molecule has 2 aromatic rings. The summed E-state index contributed by atoms with van der Waals surface area (Å²) in [5, 5.41) is 0. The molecule has 0 aliphatic rings. The van der Waals surface area contributed by atoms with Gasteiger partial charge in [0.05, 0.1) is 12.2 Å². The minimum Gasteiger partial charge on any atom is -0.444 e. The lowest BCUT2D eigenvalue weighted by Gasteiger charge is -1.96. The molecule has 0 spiro atoms. The maximum absolute atomic E-state index is 5.64. The molecule has 2 rings (SSSR count). The highest BCUT2D eigenvalue weighted by Gasteiger charge is 2.12. The molecule has 0 amide bonds. The van der Waals surface area contributed by atoms with Gasteiger partial charge in [-0.05, 0) is 35.0 Å². The molecule has 2 N–H and O–H groups in total. The van der Waals surface area contributed by atoms with E-state index in [0.29, 0.717) is 22.1 Å². The summed E-state index contributed by atoms with van der Waals surface area (Å²) in [6, 6.07) is 3.40. The van der Waals surface area contributed by atoms with Crippen LogP contribution in [-0.4, -0.2) is 4.98 Å². The highest BCUT2D eigenvalue weighted by atomic mass is 79.9. The summed E-state index contributed by atoms with van der Waals surface area (Å²) in [5.74, 6) is 1.68. The van der Waals surface area contributed by atoms with Gasteiger partial charge in [-0.3, -0.25) is 0 Å². The Labute approximate surface area is 89.2 Å². The molecule has 0 saturated heterocycles. The molecular weight excluding hydrogens is 248 g/mol. The van der Waals surface area contributed by atoms with Crippen LogP contribution in [0.3, 0.4) is 0 Å². The number of aromatic nitrogens is 1. The summed E-state index contributed by atoms with van der Waals surface area (Å²) in [7, 11) is 0. The van der Waals surface area contributed by atoms with Gasteiger partial charge in [-0.15, -0.1) is 0 Å². The zero-order valence-electron chi connectivity index (χ0n) is 7.53. The molecule has 74 valence electrons. The molecular formula is C9H9BrN2O2. The van der Waals surface area contributed by atoms with Gasteiger partial charge in [0.15, 0.2) is 10.4 Å². The van der Waals surface area contributed by atoms with E-state index in [4.69, 9.17) is 14.6 Å². The smallest absolute Gasteiger partial charge is 0.263 e. The summed E-state index contributed by atoms with van der Waals surface area (Å²) in [6.45, 7) is 1.84.